The maximum Gasteiger partial charge on any atom is 0.356 e. The number of β-lactam (4-membered cyclic amide) rings is 1. The first kappa shape index (κ1) is 22.2. The molecule has 0 saturated carbocycles. The summed E-state index contributed by atoms with van der Waals surface area (Å²) in [6.07, 6.45) is 3.12. The predicted octanol–water partition coefficient (Wildman–Crippen LogP) is 4.15. The molecule has 5 rings (SSSR count). The van der Waals surface area contributed by atoms with Gasteiger partial charge < -0.3 is 10.5 Å². The van der Waals surface area contributed by atoms with E-state index in [1.807, 2.05) is 66.9 Å². The molecule has 1 amide bonds. The van der Waals surface area contributed by atoms with Crippen molar-refractivity contribution in [2.75, 3.05) is 12.0 Å². The number of esters is 1. The smallest absolute Gasteiger partial charge is 0.356 e. The standard InChI is InChI=1S/C24H21N3O3S3/c1-31-24-26-12-17(33-24)16-13-32-22-18(25)21(28)27(22)19(16)23(29)30-20(14-8-4-2-5-9-14)15-10-6-3-7-11-15/h2-12,18,20,22H,13,25H2,1H3. The number of nitrogens with two attached hydrogens (primary N) is 1. The lowest BCUT2D eigenvalue weighted by molar-refractivity contribution is -0.152. The Morgan fingerprint density at radius 2 is 1.79 bits per heavy atom. The zero-order valence-corrected chi connectivity index (χ0v) is 20.2. The van der Waals surface area contributed by atoms with Gasteiger partial charge in [0.05, 0.1) is 4.88 Å². The lowest BCUT2D eigenvalue weighted by Gasteiger charge is -2.48. The summed E-state index contributed by atoms with van der Waals surface area (Å²) in [5, 5.41) is -0.261. The summed E-state index contributed by atoms with van der Waals surface area (Å²) in [6.45, 7) is 0. The molecule has 2 aromatic carbocycles. The molecule has 0 radical (unpaired) electrons. The first-order valence-electron chi connectivity index (χ1n) is 10.3. The van der Waals surface area contributed by atoms with Crippen LogP contribution in [0.4, 0.5) is 0 Å². The van der Waals surface area contributed by atoms with Crippen molar-refractivity contribution >= 4 is 52.3 Å². The van der Waals surface area contributed by atoms with Crippen LogP contribution in [0.2, 0.25) is 0 Å². The topological polar surface area (TPSA) is 85.5 Å². The second-order valence-electron chi connectivity index (χ2n) is 7.56. The van der Waals surface area contributed by atoms with Gasteiger partial charge in [-0.25, -0.2) is 9.78 Å². The summed E-state index contributed by atoms with van der Waals surface area (Å²) in [6, 6.07) is 18.6. The van der Waals surface area contributed by atoms with E-state index in [1.165, 1.54) is 16.2 Å². The average molecular weight is 496 g/mol. The van der Waals surface area contributed by atoms with E-state index in [2.05, 4.69) is 4.98 Å². The summed E-state index contributed by atoms with van der Waals surface area (Å²) in [7, 11) is 0. The fourth-order valence-corrected chi connectivity index (χ4v) is 6.79. The Labute approximate surface area is 204 Å². The Morgan fingerprint density at radius 1 is 1.15 bits per heavy atom. The van der Waals surface area contributed by atoms with E-state index in [4.69, 9.17) is 10.5 Å². The van der Waals surface area contributed by atoms with Gasteiger partial charge in [0.1, 0.15) is 21.5 Å². The number of carbonyl (C=O) groups is 2. The number of benzene rings is 2. The van der Waals surface area contributed by atoms with Gasteiger partial charge in [0.15, 0.2) is 6.10 Å². The van der Waals surface area contributed by atoms with E-state index in [0.29, 0.717) is 5.75 Å². The van der Waals surface area contributed by atoms with E-state index in [0.717, 1.165) is 25.9 Å². The highest BCUT2D eigenvalue weighted by Gasteiger charge is 2.52. The molecule has 0 aliphatic carbocycles. The van der Waals surface area contributed by atoms with Gasteiger partial charge in [-0.1, -0.05) is 72.4 Å². The van der Waals surface area contributed by atoms with Gasteiger partial charge in [-0.3, -0.25) is 9.69 Å². The molecule has 2 unspecified atom stereocenters. The number of amides is 1. The van der Waals surface area contributed by atoms with Gasteiger partial charge in [0, 0.05) is 17.5 Å². The predicted molar refractivity (Wildman–Crippen MR) is 133 cm³/mol. The van der Waals surface area contributed by atoms with Crippen LogP contribution in [0.1, 0.15) is 22.1 Å². The number of rotatable bonds is 6. The van der Waals surface area contributed by atoms with Gasteiger partial charge in [-0.15, -0.1) is 23.1 Å². The number of ether oxygens (including phenoxy) is 1. The SMILES string of the molecule is CSc1ncc(C2=C(C(=O)OC(c3ccccc3)c3ccccc3)N3C(=O)C(N)C3SC2)s1. The number of thiazole rings is 1. The van der Waals surface area contributed by atoms with Gasteiger partial charge in [0.2, 0.25) is 5.91 Å². The van der Waals surface area contributed by atoms with Crippen LogP contribution in [0, 0.1) is 0 Å². The number of nitrogens with zero attached hydrogens (tertiary/aromatic N) is 2. The normalized spacial score (nSPS) is 20.0. The monoisotopic (exact) mass is 495 g/mol. The van der Waals surface area contributed by atoms with E-state index in [9.17, 15) is 9.59 Å². The Bertz CT molecular complexity index is 1170. The molecule has 2 atom stereocenters. The third kappa shape index (κ3) is 4.10. The fraction of sp³-hybridized carbons (Fsp3) is 0.208. The molecule has 168 valence electrons. The van der Waals surface area contributed by atoms with E-state index in [1.54, 1.807) is 29.7 Å². The quantitative estimate of drug-likeness (QED) is 0.312. The molecule has 6 nitrogen and oxygen atoms in total. The molecule has 0 spiro atoms. The largest absolute Gasteiger partial charge is 0.448 e. The molecule has 2 aliphatic heterocycles. The second-order valence-corrected chi connectivity index (χ2v) is 10.8. The molecule has 2 N–H and O–H groups in total. The molecule has 9 heteroatoms. The highest BCUT2D eigenvalue weighted by Crippen LogP contribution is 2.45. The van der Waals surface area contributed by atoms with Crippen LogP contribution in [0.25, 0.3) is 5.57 Å². The van der Waals surface area contributed by atoms with E-state index in [-0.39, 0.29) is 17.0 Å². The molecule has 1 saturated heterocycles. The second kappa shape index (κ2) is 9.34. The molecule has 3 heterocycles. The van der Waals surface area contributed by atoms with Crippen LogP contribution < -0.4 is 5.73 Å². The Hall–Kier alpha value is -2.59. The lowest BCUT2D eigenvalue weighted by Crippen LogP contribution is -2.68. The van der Waals surface area contributed by atoms with Crippen LogP contribution in [-0.4, -0.2) is 45.2 Å². The minimum Gasteiger partial charge on any atom is -0.448 e. The number of fused-ring (bicyclic) bond motifs is 1. The maximum absolute atomic E-state index is 13.7. The molecule has 33 heavy (non-hydrogen) atoms. The number of hydrogen-bond acceptors (Lipinski definition) is 8. The van der Waals surface area contributed by atoms with Gasteiger partial charge >= 0.3 is 5.97 Å². The van der Waals surface area contributed by atoms with Crippen LogP contribution in [0.15, 0.2) is 76.9 Å². The summed E-state index contributed by atoms with van der Waals surface area (Å²) in [5.41, 5.74) is 8.78. The highest BCUT2D eigenvalue weighted by molar-refractivity contribution is 8.00. The molecular weight excluding hydrogens is 474 g/mol. The van der Waals surface area contributed by atoms with Crippen molar-refractivity contribution in [1.82, 2.24) is 9.88 Å². The van der Waals surface area contributed by atoms with E-state index >= 15 is 0 Å². The third-order valence-electron chi connectivity index (χ3n) is 5.59. The van der Waals surface area contributed by atoms with Crippen molar-refractivity contribution in [3.8, 4) is 0 Å². The molecule has 2 aliphatic rings. The van der Waals surface area contributed by atoms with Gasteiger partial charge in [0.25, 0.3) is 0 Å². The summed E-state index contributed by atoms with van der Waals surface area (Å²) < 4.78 is 7.02. The van der Waals surface area contributed by atoms with Gasteiger partial charge in [-0.05, 0) is 17.4 Å². The Balaban J connectivity index is 1.56. The van der Waals surface area contributed by atoms with Crippen LogP contribution in [-0.2, 0) is 14.3 Å². The fourth-order valence-electron chi connectivity index (χ4n) is 3.93. The minimum atomic E-state index is -0.610. The summed E-state index contributed by atoms with van der Waals surface area (Å²) in [4.78, 5) is 33.2. The van der Waals surface area contributed by atoms with Crippen LogP contribution >= 0.6 is 34.9 Å². The summed E-state index contributed by atoms with van der Waals surface area (Å²) >= 11 is 4.62. The van der Waals surface area contributed by atoms with Crippen molar-refractivity contribution in [3.63, 3.8) is 0 Å². The number of carbonyl (C=O) groups excluding carboxylic acids is 2. The van der Waals surface area contributed by atoms with Crippen molar-refractivity contribution in [1.29, 1.82) is 0 Å². The zero-order chi connectivity index (χ0) is 22.9. The Morgan fingerprint density at radius 3 is 2.36 bits per heavy atom. The van der Waals surface area contributed by atoms with Crippen LogP contribution in [0.3, 0.4) is 0 Å². The molecule has 1 fully saturated rings. The van der Waals surface area contributed by atoms with Crippen molar-refractivity contribution in [2.45, 2.75) is 21.9 Å². The molecule has 0 bridgehead atoms. The number of aromatic nitrogens is 1. The van der Waals surface area contributed by atoms with Crippen molar-refractivity contribution in [3.05, 3.63) is 88.6 Å². The average Bonchev–Trinajstić information content (AvgIpc) is 3.36. The first-order valence-corrected chi connectivity index (χ1v) is 13.4. The minimum absolute atomic E-state index is 0.261. The first-order chi connectivity index (χ1) is 16.1. The number of hydrogen-bond donors (Lipinski definition) is 1. The van der Waals surface area contributed by atoms with E-state index < -0.39 is 18.1 Å². The van der Waals surface area contributed by atoms with Crippen LogP contribution in [0.5, 0.6) is 0 Å². The van der Waals surface area contributed by atoms with Crippen molar-refractivity contribution < 1.29 is 14.3 Å². The highest BCUT2D eigenvalue weighted by atomic mass is 32.2. The molecule has 1 aromatic heterocycles. The summed E-state index contributed by atoms with van der Waals surface area (Å²) in [5.74, 6) is -0.237. The maximum atomic E-state index is 13.7. The molecular formula is C24H21N3O3S3. The Kier molecular flexibility index (Phi) is 6.29. The third-order valence-corrected chi connectivity index (χ3v) is 8.95. The lowest BCUT2D eigenvalue weighted by atomic mass is 10.0. The zero-order valence-electron chi connectivity index (χ0n) is 17.7. The van der Waals surface area contributed by atoms with Gasteiger partial charge in [-0.2, -0.15) is 0 Å². The van der Waals surface area contributed by atoms with Crippen molar-refractivity contribution in [2.24, 2.45) is 5.73 Å². The molecule has 3 aromatic rings. The number of thioether (sulfide) groups is 2.